The summed E-state index contributed by atoms with van der Waals surface area (Å²) < 4.78 is 41.2. The Morgan fingerprint density at radius 3 is 2.70 bits per heavy atom. The van der Waals surface area contributed by atoms with Gasteiger partial charge < -0.3 is 20.5 Å². The van der Waals surface area contributed by atoms with Gasteiger partial charge in [0.15, 0.2) is 11.7 Å². The molecule has 3 aliphatic rings. The van der Waals surface area contributed by atoms with Crippen molar-refractivity contribution in [3.8, 4) is 0 Å². The maximum absolute atomic E-state index is 13.2. The second-order valence-electron chi connectivity index (χ2n) is 7.82. The summed E-state index contributed by atoms with van der Waals surface area (Å²) in [6.07, 6.45) is 1.86. The van der Waals surface area contributed by atoms with E-state index in [0.717, 1.165) is 31.7 Å². The van der Waals surface area contributed by atoms with Gasteiger partial charge in [-0.15, -0.1) is 0 Å². The number of hydrogen-bond donors (Lipinski definition) is 3. The summed E-state index contributed by atoms with van der Waals surface area (Å²) >= 11 is 0. The molecule has 0 spiro atoms. The minimum Gasteiger partial charge on any atom is -0.348 e. The molecule has 3 atom stereocenters. The molecule has 9 nitrogen and oxygen atoms in total. The lowest BCUT2D eigenvalue weighted by Crippen LogP contribution is -2.52. The van der Waals surface area contributed by atoms with Crippen LogP contribution < -0.4 is 21.0 Å². The Bertz CT molecular complexity index is 1000. The fraction of sp³-hybridized carbons (Fsp3) is 0.500. The van der Waals surface area contributed by atoms with Crippen LogP contribution in [0.5, 0.6) is 0 Å². The van der Waals surface area contributed by atoms with Crippen molar-refractivity contribution in [1.29, 1.82) is 0 Å². The van der Waals surface area contributed by atoms with E-state index >= 15 is 0 Å². The predicted octanol–water partition coefficient (Wildman–Crippen LogP) is 0.622. The molecule has 2 aromatic rings. The minimum absolute atomic E-state index is 0.121. The van der Waals surface area contributed by atoms with Crippen molar-refractivity contribution in [3.05, 3.63) is 35.9 Å². The summed E-state index contributed by atoms with van der Waals surface area (Å²) in [6.45, 7) is 1.76. The van der Waals surface area contributed by atoms with Crippen molar-refractivity contribution in [2.24, 2.45) is 0 Å². The molecule has 5 rings (SSSR count). The van der Waals surface area contributed by atoms with Gasteiger partial charge in [0.25, 0.3) is 5.91 Å². The minimum atomic E-state index is -4.54. The number of halogens is 3. The number of anilines is 1. The Morgan fingerprint density at radius 1 is 1.27 bits per heavy atom. The van der Waals surface area contributed by atoms with Crippen molar-refractivity contribution in [2.75, 3.05) is 25.0 Å². The Kier molecular flexibility index (Phi) is 4.36. The third kappa shape index (κ3) is 3.16. The van der Waals surface area contributed by atoms with Gasteiger partial charge in [-0.2, -0.15) is 18.3 Å². The van der Waals surface area contributed by atoms with E-state index in [-0.39, 0.29) is 11.3 Å². The summed E-state index contributed by atoms with van der Waals surface area (Å²) in [4.78, 5) is 19.7. The Morgan fingerprint density at radius 2 is 2.00 bits per heavy atom. The monoisotopic (exact) mass is 422 g/mol. The topological polar surface area (TPSA) is 89.8 Å². The van der Waals surface area contributed by atoms with Gasteiger partial charge in [0.1, 0.15) is 11.4 Å². The number of amides is 1. The van der Waals surface area contributed by atoms with Crippen molar-refractivity contribution >= 4 is 17.4 Å². The first-order chi connectivity index (χ1) is 14.3. The van der Waals surface area contributed by atoms with Gasteiger partial charge in [0.2, 0.25) is 0 Å². The van der Waals surface area contributed by atoms with Crippen LogP contribution in [0.1, 0.15) is 23.2 Å². The van der Waals surface area contributed by atoms with Crippen LogP contribution in [0, 0.1) is 0 Å². The van der Waals surface area contributed by atoms with E-state index in [9.17, 15) is 18.0 Å². The molecule has 2 aromatic heterocycles. The molecule has 3 N–H and O–H groups in total. The summed E-state index contributed by atoms with van der Waals surface area (Å²) in [7, 11) is 1.43. The van der Waals surface area contributed by atoms with Crippen LogP contribution >= 0.6 is 0 Å². The smallest absolute Gasteiger partial charge is 0.348 e. The number of nitrogens with one attached hydrogen (secondary N) is 3. The highest BCUT2D eigenvalue weighted by molar-refractivity contribution is 6.00. The maximum Gasteiger partial charge on any atom is 0.411 e. The molecule has 5 heterocycles. The van der Waals surface area contributed by atoms with E-state index in [2.05, 4.69) is 31.0 Å². The van der Waals surface area contributed by atoms with Gasteiger partial charge in [0, 0.05) is 44.6 Å². The van der Waals surface area contributed by atoms with Crippen LogP contribution in [0.4, 0.5) is 19.0 Å². The number of fused-ring (bicyclic) bond motifs is 3. The lowest BCUT2D eigenvalue weighted by atomic mass is 10.2. The van der Waals surface area contributed by atoms with Gasteiger partial charge in [-0.25, -0.2) is 14.9 Å². The molecule has 30 heavy (non-hydrogen) atoms. The van der Waals surface area contributed by atoms with Crippen LogP contribution in [0.3, 0.4) is 0 Å². The van der Waals surface area contributed by atoms with Gasteiger partial charge in [-0.1, -0.05) is 0 Å². The van der Waals surface area contributed by atoms with Crippen LogP contribution in [-0.2, 0) is 0 Å². The second-order valence-corrected chi connectivity index (χ2v) is 7.82. The van der Waals surface area contributed by atoms with Crippen LogP contribution in [0.25, 0.3) is 5.65 Å². The zero-order valence-electron chi connectivity index (χ0n) is 16.1. The molecule has 12 heteroatoms. The lowest BCUT2D eigenvalue weighted by Gasteiger charge is -2.36. The molecule has 0 saturated carbocycles. The number of aromatic nitrogens is 3. The number of alkyl halides is 3. The van der Waals surface area contributed by atoms with E-state index in [1.54, 1.807) is 6.20 Å². The number of nitrogens with zero attached hydrogens (tertiary/aromatic N) is 5. The normalized spacial score (nSPS) is 26.4. The van der Waals surface area contributed by atoms with Crippen molar-refractivity contribution < 1.29 is 18.0 Å². The molecule has 2 bridgehead atoms. The predicted molar refractivity (Wildman–Crippen MR) is 101 cm³/mol. The number of hydrazine groups is 1. The molecule has 3 aliphatic heterocycles. The van der Waals surface area contributed by atoms with Gasteiger partial charge in [-0.3, -0.25) is 4.79 Å². The first kappa shape index (κ1) is 19.1. The second kappa shape index (κ2) is 6.84. The SMILES string of the molecule is CN1C=C(NC(=O)c2cnn3ccc(N4C5CCC4CNC5)nc23)C(C(F)(F)F)N1. The molecule has 160 valence electrons. The Balaban J connectivity index is 1.43. The van der Waals surface area contributed by atoms with Crippen molar-refractivity contribution in [3.63, 3.8) is 0 Å². The highest BCUT2D eigenvalue weighted by atomic mass is 19.4. The lowest BCUT2D eigenvalue weighted by molar-refractivity contribution is -0.151. The number of carbonyl (C=O) groups excluding carboxylic acids is 1. The molecule has 3 unspecified atom stereocenters. The summed E-state index contributed by atoms with van der Waals surface area (Å²) in [5.74, 6) is 0.0660. The molecular formula is C18H21F3N8O. The Labute approximate surface area is 169 Å². The largest absolute Gasteiger partial charge is 0.411 e. The van der Waals surface area contributed by atoms with E-state index in [4.69, 9.17) is 0 Å². The highest BCUT2D eigenvalue weighted by Crippen LogP contribution is 2.32. The molecule has 1 amide bonds. The zero-order valence-corrected chi connectivity index (χ0v) is 16.1. The summed E-state index contributed by atoms with van der Waals surface area (Å²) in [6, 6.07) is 0.567. The third-order valence-corrected chi connectivity index (χ3v) is 5.81. The fourth-order valence-corrected chi connectivity index (χ4v) is 4.46. The van der Waals surface area contributed by atoms with E-state index in [1.807, 2.05) is 6.07 Å². The average molecular weight is 422 g/mol. The summed E-state index contributed by atoms with van der Waals surface area (Å²) in [5.41, 5.74) is 2.41. The molecule has 2 fully saturated rings. The first-order valence-corrected chi connectivity index (χ1v) is 9.73. The third-order valence-electron chi connectivity index (χ3n) is 5.81. The van der Waals surface area contributed by atoms with E-state index in [0.29, 0.717) is 17.7 Å². The van der Waals surface area contributed by atoms with E-state index < -0.39 is 18.1 Å². The van der Waals surface area contributed by atoms with Gasteiger partial charge >= 0.3 is 6.18 Å². The number of rotatable bonds is 3. The summed E-state index contributed by atoms with van der Waals surface area (Å²) in [5, 5.41) is 11.1. The number of hydrogen-bond acceptors (Lipinski definition) is 7. The molecular weight excluding hydrogens is 401 g/mol. The standard InChI is InChI=1S/C18H21F3N8O/c1-27-9-13(15(26-27)18(19,20)21)24-17(30)12-8-23-28-5-4-14(25-16(12)28)29-10-2-3-11(29)7-22-6-10/h4-5,8-11,15,22,26H,2-3,6-7H2,1H3,(H,24,30). The van der Waals surface area contributed by atoms with Gasteiger partial charge in [-0.05, 0) is 18.9 Å². The molecule has 0 aliphatic carbocycles. The molecule has 0 aromatic carbocycles. The fourth-order valence-electron chi connectivity index (χ4n) is 4.46. The highest BCUT2D eigenvalue weighted by Gasteiger charge is 2.46. The Hall–Kier alpha value is -2.86. The van der Waals surface area contributed by atoms with Crippen LogP contribution in [-0.4, -0.2) is 70.0 Å². The molecule has 2 saturated heterocycles. The number of piperazine rings is 1. The molecule has 0 radical (unpaired) electrons. The maximum atomic E-state index is 13.2. The van der Waals surface area contributed by atoms with Gasteiger partial charge in [0.05, 0.1) is 11.9 Å². The van der Waals surface area contributed by atoms with Crippen molar-refractivity contribution in [2.45, 2.75) is 37.1 Å². The first-order valence-electron chi connectivity index (χ1n) is 9.73. The quantitative estimate of drug-likeness (QED) is 0.668. The van der Waals surface area contributed by atoms with Crippen LogP contribution in [0.2, 0.25) is 0 Å². The average Bonchev–Trinajstić information content (AvgIpc) is 3.34. The van der Waals surface area contributed by atoms with Crippen molar-refractivity contribution in [1.82, 2.24) is 35.7 Å². The zero-order chi connectivity index (χ0) is 21.0. The van der Waals surface area contributed by atoms with E-state index in [1.165, 1.54) is 29.0 Å². The van der Waals surface area contributed by atoms with Crippen LogP contribution in [0.15, 0.2) is 30.4 Å². The number of carbonyl (C=O) groups is 1.